The van der Waals surface area contributed by atoms with E-state index in [1.165, 1.54) is 0 Å². The fraction of sp³-hybridized carbons (Fsp3) is 0.562. The van der Waals surface area contributed by atoms with E-state index in [2.05, 4.69) is 10.6 Å². The van der Waals surface area contributed by atoms with E-state index in [0.29, 0.717) is 6.54 Å². The first kappa shape index (κ1) is 14.9. The number of hydrogen-bond acceptors (Lipinski definition) is 3. The normalized spacial score (nSPS) is 18.9. The summed E-state index contributed by atoms with van der Waals surface area (Å²) in [6, 6.07) is 7.87. The predicted octanol–water partition coefficient (Wildman–Crippen LogP) is 2.09. The number of rotatable bonds is 5. The van der Waals surface area contributed by atoms with Crippen molar-refractivity contribution in [3.05, 3.63) is 29.8 Å². The molecule has 1 aliphatic rings. The lowest BCUT2D eigenvalue weighted by Gasteiger charge is -2.22. The number of benzene rings is 1. The van der Waals surface area contributed by atoms with Crippen molar-refractivity contribution < 1.29 is 9.53 Å². The third kappa shape index (κ3) is 4.23. The van der Waals surface area contributed by atoms with E-state index in [-0.39, 0.29) is 17.9 Å². The molecule has 1 saturated heterocycles. The zero-order chi connectivity index (χ0) is 14.4. The van der Waals surface area contributed by atoms with Gasteiger partial charge in [0.15, 0.2) is 0 Å². The second kappa shape index (κ2) is 7.29. The molecule has 0 bridgehead atoms. The summed E-state index contributed by atoms with van der Waals surface area (Å²) < 4.78 is 5.76. The second-order valence-electron chi connectivity index (χ2n) is 5.54. The van der Waals surface area contributed by atoms with Gasteiger partial charge in [-0.05, 0) is 39.3 Å². The molecule has 0 aromatic heterocycles. The van der Waals surface area contributed by atoms with Crippen LogP contribution in [0.2, 0.25) is 0 Å². The molecule has 0 aliphatic carbocycles. The van der Waals surface area contributed by atoms with Crippen LogP contribution in [0.1, 0.15) is 32.3 Å². The molecule has 1 aliphatic heterocycles. The maximum Gasteiger partial charge on any atom is 0.224 e. The van der Waals surface area contributed by atoms with Crippen LogP contribution in [-0.2, 0) is 11.3 Å². The number of hydrogen-bond donors (Lipinski definition) is 2. The Bertz CT molecular complexity index is 440. The fourth-order valence-corrected chi connectivity index (χ4v) is 2.42. The van der Waals surface area contributed by atoms with Gasteiger partial charge in [-0.3, -0.25) is 4.79 Å². The number of nitrogens with one attached hydrogen (secondary N) is 2. The molecule has 0 spiro atoms. The Balaban J connectivity index is 1.91. The van der Waals surface area contributed by atoms with Crippen molar-refractivity contribution in [3.8, 4) is 5.75 Å². The quantitative estimate of drug-likeness (QED) is 0.866. The van der Waals surface area contributed by atoms with Crippen molar-refractivity contribution >= 4 is 5.91 Å². The molecule has 1 fully saturated rings. The maximum atomic E-state index is 12.1. The van der Waals surface area contributed by atoms with Crippen LogP contribution in [-0.4, -0.2) is 25.1 Å². The van der Waals surface area contributed by atoms with E-state index in [1.54, 1.807) is 0 Å². The summed E-state index contributed by atoms with van der Waals surface area (Å²) in [6.07, 6.45) is 2.18. The zero-order valence-corrected chi connectivity index (χ0v) is 12.3. The molecule has 4 heteroatoms. The van der Waals surface area contributed by atoms with Gasteiger partial charge in [0.2, 0.25) is 5.91 Å². The molecule has 2 rings (SSSR count). The number of ether oxygens (including phenoxy) is 1. The summed E-state index contributed by atoms with van der Waals surface area (Å²) in [7, 11) is 0. The molecular weight excluding hydrogens is 252 g/mol. The van der Waals surface area contributed by atoms with Crippen molar-refractivity contribution in [1.82, 2.24) is 10.6 Å². The highest BCUT2D eigenvalue weighted by atomic mass is 16.5. The van der Waals surface area contributed by atoms with Gasteiger partial charge in [0.1, 0.15) is 5.75 Å². The first-order valence-electron chi connectivity index (χ1n) is 7.40. The molecule has 1 amide bonds. The molecule has 20 heavy (non-hydrogen) atoms. The number of piperidine rings is 1. The lowest BCUT2D eigenvalue weighted by atomic mass is 9.99. The van der Waals surface area contributed by atoms with Gasteiger partial charge in [-0.1, -0.05) is 18.2 Å². The Kier molecular flexibility index (Phi) is 5.41. The standard InChI is InChI=1S/C16H24N2O2/c1-12(2)20-15-8-4-3-6-13(15)11-18-16(19)14-7-5-9-17-10-14/h3-4,6,8,12,14,17H,5,7,9-11H2,1-2H3,(H,18,19). The minimum atomic E-state index is 0.0990. The van der Waals surface area contributed by atoms with Gasteiger partial charge in [-0.2, -0.15) is 0 Å². The average molecular weight is 276 g/mol. The predicted molar refractivity (Wildman–Crippen MR) is 79.6 cm³/mol. The summed E-state index contributed by atoms with van der Waals surface area (Å²) in [4.78, 5) is 12.1. The van der Waals surface area contributed by atoms with Gasteiger partial charge in [0.05, 0.1) is 12.0 Å². The van der Waals surface area contributed by atoms with Crippen molar-refractivity contribution in [2.75, 3.05) is 13.1 Å². The summed E-state index contributed by atoms with van der Waals surface area (Å²) in [6.45, 7) is 6.34. The summed E-state index contributed by atoms with van der Waals surface area (Å²) >= 11 is 0. The Labute approximate surface area is 120 Å². The first-order valence-corrected chi connectivity index (χ1v) is 7.40. The molecule has 0 saturated carbocycles. The number of carbonyl (C=O) groups excluding carboxylic acids is 1. The van der Waals surface area contributed by atoms with Crippen LogP contribution < -0.4 is 15.4 Å². The van der Waals surface area contributed by atoms with Crippen LogP contribution in [0.5, 0.6) is 5.75 Å². The van der Waals surface area contributed by atoms with E-state index < -0.39 is 0 Å². The fourth-order valence-electron chi connectivity index (χ4n) is 2.42. The van der Waals surface area contributed by atoms with Crippen LogP contribution in [0, 0.1) is 5.92 Å². The maximum absolute atomic E-state index is 12.1. The average Bonchev–Trinajstić information content (AvgIpc) is 2.46. The SMILES string of the molecule is CC(C)Oc1ccccc1CNC(=O)C1CCCNC1. The van der Waals surface area contributed by atoms with Crippen molar-refractivity contribution in [2.24, 2.45) is 5.92 Å². The zero-order valence-electron chi connectivity index (χ0n) is 12.3. The Morgan fingerprint density at radius 3 is 2.95 bits per heavy atom. The van der Waals surface area contributed by atoms with Crippen LogP contribution >= 0.6 is 0 Å². The minimum Gasteiger partial charge on any atom is -0.491 e. The van der Waals surface area contributed by atoms with E-state index in [4.69, 9.17) is 4.74 Å². The lowest BCUT2D eigenvalue weighted by molar-refractivity contribution is -0.125. The molecule has 1 unspecified atom stereocenters. The monoisotopic (exact) mass is 276 g/mol. The van der Waals surface area contributed by atoms with Crippen LogP contribution in [0.25, 0.3) is 0 Å². The molecule has 2 N–H and O–H groups in total. The first-order chi connectivity index (χ1) is 9.66. The third-order valence-corrected chi connectivity index (χ3v) is 3.46. The summed E-state index contributed by atoms with van der Waals surface area (Å²) in [5, 5.41) is 6.29. The highest BCUT2D eigenvalue weighted by Gasteiger charge is 2.20. The molecule has 110 valence electrons. The highest BCUT2D eigenvalue weighted by molar-refractivity contribution is 5.79. The largest absolute Gasteiger partial charge is 0.491 e. The molecular formula is C16H24N2O2. The summed E-state index contributed by atoms with van der Waals surface area (Å²) in [5.74, 6) is 1.09. The summed E-state index contributed by atoms with van der Waals surface area (Å²) in [5.41, 5.74) is 1.03. The molecule has 1 aromatic carbocycles. The number of amides is 1. The van der Waals surface area contributed by atoms with E-state index in [1.807, 2.05) is 38.1 Å². The second-order valence-corrected chi connectivity index (χ2v) is 5.54. The lowest BCUT2D eigenvalue weighted by Crippen LogP contribution is -2.40. The third-order valence-electron chi connectivity index (χ3n) is 3.46. The van der Waals surface area contributed by atoms with Gasteiger partial charge < -0.3 is 15.4 Å². The molecule has 1 aromatic rings. The van der Waals surface area contributed by atoms with E-state index in [0.717, 1.165) is 37.2 Å². The van der Waals surface area contributed by atoms with Gasteiger partial charge in [-0.25, -0.2) is 0 Å². The number of carbonyl (C=O) groups is 1. The highest BCUT2D eigenvalue weighted by Crippen LogP contribution is 2.19. The van der Waals surface area contributed by atoms with Crippen LogP contribution in [0.4, 0.5) is 0 Å². The Morgan fingerprint density at radius 1 is 1.45 bits per heavy atom. The van der Waals surface area contributed by atoms with Gasteiger partial charge in [-0.15, -0.1) is 0 Å². The minimum absolute atomic E-state index is 0.0990. The number of para-hydroxylation sites is 1. The topological polar surface area (TPSA) is 50.4 Å². The Hall–Kier alpha value is -1.55. The van der Waals surface area contributed by atoms with Gasteiger partial charge in [0.25, 0.3) is 0 Å². The van der Waals surface area contributed by atoms with Gasteiger partial charge in [0, 0.05) is 18.7 Å². The smallest absolute Gasteiger partial charge is 0.224 e. The molecule has 4 nitrogen and oxygen atoms in total. The van der Waals surface area contributed by atoms with Crippen LogP contribution in [0.3, 0.4) is 0 Å². The van der Waals surface area contributed by atoms with Gasteiger partial charge >= 0.3 is 0 Å². The van der Waals surface area contributed by atoms with Crippen molar-refractivity contribution in [3.63, 3.8) is 0 Å². The van der Waals surface area contributed by atoms with Crippen molar-refractivity contribution in [1.29, 1.82) is 0 Å². The molecule has 1 atom stereocenters. The van der Waals surface area contributed by atoms with E-state index >= 15 is 0 Å². The van der Waals surface area contributed by atoms with E-state index in [9.17, 15) is 4.79 Å². The van der Waals surface area contributed by atoms with Crippen molar-refractivity contribution in [2.45, 2.75) is 39.3 Å². The molecule has 0 radical (unpaired) electrons. The Morgan fingerprint density at radius 2 is 2.25 bits per heavy atom. The molecule has 1 heterocycles. The van der Waals surface area contributed by atoms with Crippen LogP contribution in [0.15, 0.2) is 24.3 Å².